The zero-order chi connectivity index (χ0) is 13.2. The summed E-state index contributed by atoms with van der Waals surface area (Å²) in [5.41, 5.74) is 4.36. The second-order valence-electron chi connectivity index (χ2n) is 4.46. The van der Waals surface area contributed by atoms with E-state index in [4.69, 9.17) is 0 Å². The van der Waals surface area contributed by atoms with Crippen LogP contribution in [0.5, 0.6) is 5.75 Å². The van der Waals surface area contributed by atoms with Crippen LogP contribution in [0.2, 0.25) is 0 Å². The van der Waals surface area contributed by atoms with Crippen LogP contribution in [0.3, 0.4) is 0 Å². The normalized spacial score (nSPS) is 11.0. The number of aryl methyl sites for hydroxylation is 1. The zero-order valence-corrected chi connectivity index (χ0v) is 11.4. The molecule has 3 rings (SSSR count). The van der Waals surface area contributed by atoms with Crippen molar-refractivity contribution in [3.05, 3.63) is 53.6 Å². The third-order valence-corrected chi connectivity index (χ3v) is 3.99. The summed E-state index contributed by atoms with van der Waals surface area (Å²) in [5.74, 6) is 1.14. The first-order valence-corrected chi connectivity index (χ1v) is 7.07. The van der Waals surface area contributed by atoms with Gasteiger partial charge in [0.15, 0.2) is 5.16 Å². The van der Waals surface area contributed by atoms with Crippen LogP contribution in [-0.2, 0) is 5.75 Å². The SMILES string of the molecule is Cc1ccccc1CSc1nc2ccc(O)cc2[nH]1. The van der Waals surface area contributed by atoms with E-state index in [1.807, 2.05) is 12.1 Å². The molecule has 0 spiro atoms. The lowest BCUT2D eigenvalue weighted by atomic mass is 10.1. The summed E-state index contributed by atoms with van der Waals surface area (Å²) >= 11 is 1.67. The Labute approximate surface area is 115 Å². The summed E-state index contributed by atoms with van der Waals surface area (Å²) in [5, 5.41) is 10.3. The molecule has 0 saturated carbocycles. The number of nitrogens with one attached hydrogen (secondary N) is 1. The van der Waals surface area contributed by atoms with E-state index in [-0.39, 0.29) is 5.75 Å². The summed E-state index contributed by atoms with van der Waals surface area (Å²) in [7, 11) is 0. The molecule has 0 radical (unpaired) electrons. The summed E-state index contributed by atoms with van der Waals surface area (Å²) < 4.78 is 0. The number of phenolic OH excluding ortho intramolecular Hbond substituents is 1. The van der Waals surface area contributed by atoms with Crippen LogP contribution in [0, 0.1) is 6.92 Å². The van der Waals surface area contributed by atoms with Crippen LogP contribution >= 0.6 is 11.8 Å². The summed E-state index contributed by atoms with van der Waals surface area (Å²) in [6.45, 7) is 2.12. The number of fused-ring (bicyclic) bond motifs is 1. The van der Waals surface area contributed by atoms with Crippen molar-refractivity contribution in [1.82, 2.24) is 9.97 Å². The third kappa shape index (κ3) is 2.58. The predicted molar refractivity (Wildman–Crippen MR) is 78.5 cm³/mol. The molecule has 2 N–H and O–H groups in total. The Balaban J connectivity index is 1.80. The molecule has 1 aromatic heterocycles. The van der Waals surface area contributed by atoms with Gasteiger partial charge in [-0.05, 0) is 30.2 Å². The van der Waals surface area contributed by atoms with Gasteiger partial charge in [-0.3, -0.25) is 0 Å². The van der Waals surface area contributed by atoms with Gasteiger partial charge in [0, 0.05) is 11.8 Å². The van der Waals surface area contributed by atoms with Gasteiger partial charge in [0.1, 0.15) is 5.75 Å². The van der Waals surface area contributed by atoms with Gasteiger partial charge in [0.05, 0.1) is 11.0 Å². The Hall–Kier alpha value is -1.94. The van der Waals surface area contributed by atoms with Crippen LogP contribution in [-0.4, -0.2) is 15.1 Å². The smallest absolute Gasteiger partial charge is 0.166 e. The Morgan fingerprint density at radius 1 is 1.21 bits per heavy atom. The highest BCUT2D eigenvalue weighted by atomic mass is 32.2. The van der Waals surface area contributed by atoms with E-state index < -0.39 is 0 Å². The minimum atomic E-state index is 0.256. The van der Waals surface area contributed by atoms with Crippen LogP contribution in [0.1, 0.15) is 11.1 Å². The van der Waals surface area contributed by atoms with E-state index in [9.17, 15) is 5.11 Å². The minimum Gasteiger partial charge on any atom is -0.508 e. The van der Waals surface area contributed by atoms with Crippen molar-refractivity contribution in [3.8, 4) is 5.75 Å². The van der Waals surface area contributed by atoms with Gasteiger partial charge >= 0.3 is 0 Å². The number of imidazole rings is 1. The van der Waals surface area contributed by atoms with Crippen LogP contribution in [0.4, 0.5) is 0 Å². The first kappa shape index (κ1) is 12.1. The number of hydrogen-bond donors (Lipinski definition) is 2. The molecule has 0 unspecified atom stereocenters. The van der Waals surface area contributed by atoms with Crippen LogP contribution in [0.15, 0.2) is 47.6 Å². The molecule has 4 heteroatoms. The van der Waals surface area contributed by atoms with Crippen molar-refractivity contribution in [3.63, 3.8) is 0 Å². The van der Waals surface area contributed by atoms with Gasteiger partial charge < -0.3 is 10.1 Å². The lowest BCUT2D eigenvalue weighted by molar-refractivity contribution is 0.476. The van der Waals surface area contributed by atoms with E-state index in [0.717, 1.165) is 21.9 Å². The highest BCUT2D eigenvalue weighted by molar-refractivity contribution is 7.98. The Kier molecular flexibility index (Phi) is 3.17. The molecule has 0 saturated heterocycles. The number of rotatable bonds is 3. The largest absolute Gasteiger partial charge is 0.508 e. The highest BCUT2D eigenvalue weighted by Crippen LogP contribution is 2.25. The molecule has 1 heterocycles. The molecule has 0 aliphatic carbocycles. The Morgan fingerprint density at radius 2 is 2.05 bits per heavy atom. The Bertz CT molecular complexity index is 721. The maximum absolute atomic E-state index is 9.43. The summed E-state index contributed by atoms with van der Waals surface area (Å²) in [6, 6.07) is 13.5. The predicted octanol–water partition coefficient (Wildman–Crippen LogP) is 3.87. The standard InChI is InChI=1S/C15H14N2OS/c1-10-4-2-3-5-11(10)9-19-15-16-13-7-6-12(18)8-14(13)17-15/h2-8,18H,9H2,1H3,(H,16,17). The van der Waals surface area contributed by atoms with Crippen molar-refractivity contribution < 1.29 is 5.11 Å². The van der Waals surface area contributed by atoms with Crippen molar-refractivity contribution in [2.24, 2.45) is 0 Å². The first-order valence-electron chi connectivity index (χ1n) is 6.08. The number of aromatic amines is 1. The lowest BCUT2D eigenvalue weighted by Gasteiger charge is -2.02. The lowest BCUT2D eigenvalue weighted by Crippen LogP contribution is -1.85. The van der Waals surface area contributed by atoms with Gasteiger partial charge in [0.25, 0.3) is 0 Å². The maximum atomic E-state index is 9.43. The van der Waals surface area contributed by atoms with Crippen molar-refractivity contribution in [2.45, 2.75) is 17.8 Å². The zero-order valence-electron chi connectivity index (χ0n) is 10.6. The fraction of sp³-hybridized carbons (Fsp3) is 0.133. The minimum absolute atomic E-state index is 0.256. The molecular weight excluding hydrogens is 256 g/mol. The van der Waals surface area contributed by atoms with Crippen molar-refractivity contribution in [2.75, 3.05) is 0 Å². The van der Waals surface area contributed by atoms with Crippen molar-refractivity contribution >= 4 is 22.8 Å². The van der Waals surface area contributed by atoms with Crippen molar-refractivity contribution in [1.29, 1.82) is 0 Å². The fourth-order valence-corrected chi connectivity index (χ4v) is 2.92. The number of thioether (sulfide) groups is 1. The topological polar surface area (TPSA) is 48.9 Å². The van der Waals surface area contributed by atoms with Gasteiger partial charge in [0.2, 0.25) is 0 Å². The molecule has 0 amide bonds. The number of nitrogens with zero attached hydrogens (tertiary/aromatic N) is 1. The van der Waals surface area contributed by atoms with Gasteiger partial charge in [-0.2, -0.15) is 0 Å². The number of aromatic nitrogens is 2. The average Bonchev–Trinajstić information content (AvgIpc) is 2.79. The first-order chi connectivity index (χ1) is 9.22. The molecule has 0 atom stereocenters. The number of phenols is 1. The molecule has 0 bridgehead atoms. The van der Waals surface area contributed by atoms with E-state index in [0.29, 0.717) is 0 Å². The molecule has 0 fully saturated rings. The number of hydrogen-bond acceptors (Lipinski definition) is 3. The van der Waals surface area contributed by atoms with E-state index in [1.165, 1.54) is 11.1 Å². The molecule has 3 aromatic rings. The van der Waals surface area contributed by atoms with Crippen LogP contribution < -0.4 is 0 Å². The van der Waals surface area contributed by atoms with Gasteiger partial charge in [-0.25, -0.2) is 4.98 Å². The van der Waals surface area contributed by atoms with E-state index in [1.54, 1.807) is 23.9 Å². The summed E-state index contributed by atoms with van der Waals surface area (Å²) in [4.78, 5) is 7.71. The number of aromatic hydroxyl groups is 1. The monoisotopic (exact) mass is 270 g/mol. The maximum Gasteiger partial charge on any atom is 0.166 e. The molecule has 0 aliphatic rings. The highest BCUT2D eigenvalue weighted by Gasteiger charge is 2.05. The van der Waals surface area contributed by atoms with Gasteiger partial charge in [-0.1, -0.05) is 36.0 Å². The second-order valence-corrected chi connectivity index (χ2v) is 5.42. The molecule has 2 aromatic carbocycles. The van der Waals surface area contributed by atoms with Crippen LogP contribution in [0.25, 0.3) is 11.0 Å². The molecular formula is C15H14N2OS. The van der Waals surface area contributed by atoms with Gasteiger partial charge in [-0.15, -0.1) is 0 Å². The number of H-pyrrole nitrogens is 1. The molecule has 3 nitrogen and oxygen atoms in total. The molecule has 19 heavy (non-hydrogen) atoms. The quantitative estimate of drug-likeness (QED) is 0.710. The average molecular weight is 270 g/mol. The van der Waals surface area contributed by atoms with E-state index >= 15 is 0 Å². The Morgan fingerprint density at radius 3 is 2.89 bits per heavy atom. The fourth-order valence-electron chi connectivity index (χ4n) is 1.96. The summed E-state index contributed by atoms with van der Waals surface area (Å²) in [6.07, 6.45) is 0. The third-order valence-electron chi connectivity index (χ3n) is 3.07. The molecule has 0 aliphatic heterocycles. The molecule has 96 valence electrons. The second kappa shape index (κ2) is 4.97. The van der Waals surface area contributed by atoms with E-state index in [2.05, 4.69) is 35.1 Å². The number of benzene rings is 2.